The third-order valence-electron chi connectivity index (χ3n) is 13.8. The van der Waals surface area contributed by atoms with Crippen molar-refractivity contribution in [2.75, 3.05) is 33.5 Å². The van der Waals surface area contributed by atoms with E-state index in [1.807, 2.05) is 79.8 Å². The number of ether oxygens (including phenoxy) is 4. The van der Waals surface area contributed by atoms with Crippen molar-refractivity contribution >= 4 is 33.2 Å². The Hall–Kier alpha value is -5.52. The lowest BCUT2D eigenvalue weighted by Crippen LogP contribution is -2.69. The van der Waals surface area contributed by atoms with Crippen LogP contribution >= 0.6 is 0 Å². The molecular formula is C54H60N2O8. The first kappa shape index (κ1) is 43.7. The predicted octanol–water partition coefficient (Wildman–Crippen LogP) is 10.7. The highest BCUT2D eigenvalue weighted by Crippen LogP contribution is 2.62. The number of nitrogens with zero attached hydrogens (tertiary/aromatic N) is 2. The molecule has 0 aromatic heterocycles. The molecule has 0 radical (unpaired) electrons. The summed E-state index contributed by atoms with van der Waals surface area (Å²) in [4.78, 5) is 23.0. The van der Waals surface area contributed by atoms with Crippen LogP contribution in [0.15, 0.2) is 133 Å². The van der Waals surface area contributed by atoms with Gasteiger partial charge in [-0.3, -0.25) is 4.79 Å². The number of aliphatic hydroxyl groups is 2. The molecule has 10 nitrogen and oxygen atoms in total. The maximum absolute atomic E-state index is 14.9. The smallest absolute Gasteiger partial charge is 0.254 e. The SMILES string of the molecule is C=CCO[C@@]12Oc3ccc(Oc4ccc5ccccc5c4)cc3[C@H]3[C@H](CCCCO)[C@@H](CCCCO)C=C(C(=NOC4CCCCO4)C[C@@H]1N(C)C(=O)c1ccc4ccccc4c1)[C@H]32. The van der Waals surface area contributed by atoms with E-state index in [2.05, 4.69) is 43.0 Å². The summed E-state index contributed by atoms with van der Waals surface area (Å²) in [5.41, 5.74) is 3.27. The third kappa shape index (κ3) is 8.81. The van der Waals surface area contributed by atoms with Crippen LogP contribution in [0.5, 0.6) is 17.2 Å². The van der Waals surface area contributed by atoms with Crippen molar-refractivity contribution in [3.63, 3.8) is 0 Å². The lowest BCUT2D eigenvalue weighted by Gasteiger charge is -2.59. The van der Waals surface area contributed by atoms with Crippen LogP contribution in [0.25, 0.3) is 21.5 Å². The van der Waals surface area contributed by atoms with Gasteiger partial charge in [-0.05, 0) is 120 Å². The molecule has 5 aromatic rings. The summed E-state index contributed by atoms with van der Waals surface area (Å²) >= 11 is 0. The molecule has 2 aliphatic heterocycles. The minimum Gasteiger partial charge on any atom is -0.459 e. The summed E-state index contributed by atoms with van der Waals surface area (Å²) in [6.45, 7) is 5.09. The fraction of sp³-hybridized carbons (Fsp3) is 0.407. The number of fused-ring (bicyclic) bond motifs is 4. The van der Waals surface area contributed by atoms with Crippen LogP contribution in [-0.4, -0.2) is 78.3 Å². The highest BCUT2D eigenvalue weighted by molar-refractivity contribution is 6.04. The first-order valence-electron chi connectivity index (χ1n) is 23.2. The standard InChI is InChI=1S/C54H60N2O8/c1-3-29-61-54-49(56(2)53(59)41-22-21-36-14-4-6-16-38(36)31-41)35-47(55-64-50-20-10-13-30-60-50)45-33-40(18-8-11-27-57)44(19-9-12-28-58)51(52(45)54)46-34-43(25-26-48(46)63-54)62-42-24-23-37-15-5-7-17-39(37)32-42/h3-7,14-17,21-26,31-34,40,44,49-52,57-58H,1,8-13,18-20,27-30,35H2,2H3/t40-,44+,49-,50?,51+,52+,54+/m0/s1. The number of likely N-dealkylation sites (N-methyl/N-ethyl adjacent to an activating group) is 1. The zero-order valence-corrected chi connectivity index (χ0v) is 36.8. The average Bonchev–Trinajstić information content (AvgIpc) is 3.33. The van der Waals surface area contributed by atoms with Crippen molar-refractivity contribution < 1.29 is 38.8 Å². The van der Waals surface area contributed by atoms with Crippen molar-refractivity contribution in [3.05, 3.63) is 139 Å². The molecule has 1 saturated heterocycles. The van der Waals surface area contributed by atoms with E-state index in [4.69, 9.17) is 28.9 Å². The van der Waals surface area contributed by atoms with E-state index in [0.29, 0.717) is 42.9 Å². The van der Waals surface area contributed by atoms with E-state index in [1.54, 1.807) is 11.0 Å². The van der Waals surface area contributed by atoms with Gasteiger partial charge in [0.05, 0.1) is 24.8 Å². The molecule has 2 heterocycles. The first-order valence-corrected chi connectivity index (χ1v) is 23.2. The summed E-state index contributed by atoms with van der Waals surface area (Å²) in [6.07, 6.45) is 11.4. The Labute approximate surface area is 376 Å². The van der Waals surface area contributed by atoms with Crippen LogP contribution in [0.1, 0.15) is 86.0 Å². The van der Waals surface area contributed by atoms with Crippen molar-refractivity contribution in [1.29, 1.82) is 0 Å². The summed E-state index contributed by atoms with van der Waals surface area (Å²) < 4.78 is 27.2. The molecule has 5 aromatic carbocycles. The van der Waals surface area contributed by atoms with E-state index in [9.17, 15) is 15.0 Å². The number of aliphatic hydroxyl groups excluding tert-OH is 2. The van der Waals surface area contributed by atoms with Gasteiger partial charge < -0.3 is 38.9 Å². The fourth-order valence-corrected chi connectivity index (χ4v) is 10.7. The van der Waals surface area contributed by atoms with Gasteiger partial charge in [0.25, 0.3) is 5.91 Å². The number of unbranched alkanes of at least 4 members (excludes halogenated alkanes) is 2. The summed E-state index contributed by atoms with van der Waals surface area (Å²) in [6, 6.07) is 33.6. The largest absolute Gasteiger partial charge is 0.459 e. The van der Waals surface area contributed by atoms with E-state index in [-0.39, 0.29) is 43.5 Å². The zero-order valence-electron chi connectivity index (χ0n) is 36.8. The molecule has 0 bridgehead atoms. The Balaban J connectivity index is 1.21. The van der Waals surface area contributed by atoms with Crippen LogP contribution < -0.4 is 9.47 Å². The zero-order chi connectivity index (χ0) is 44.0. The van der Waals surface area contributed by atoms with Crippen LogP contribution in [0.2, 0.25) is 0 Å². The van der Waals surface area contributed by atoms with Gasteiger partial charge in [-0.1, -0.05) is 90.8 Å². The second-order valence-electron chi connectivity index (χ2n) is 17.8. The molecule has 0 spiro atoms. The van der Waals surface area contributed by atoms with E-state index < -0.39 is 24.0 Å². The van der Waals surface area contributed by atoms with Crippen molar-refractivity contribution in [3.8, 4) is 17.2 Å². The number of hydrogen-bond donors (Lipinski definition) is 2. The Morgan fingerprint density at radius 3 is 2.30 bits per heavy atom. The summed E-state index contributed by atoms with van der Waals surface area (Å²) in [7, 11) is 1.84. The normalized spacial score (nSPS) is 25.5. The summed E-state index contributed by atoms with van der Waals surface area (Å²) in [5.74, 6) is 0.0946. The van der Waals surface area contributed by atoms with Crippen molar-refractivity contribution in [2.24, 2.45) is 22.9 Å². The van der Waals surface area contributed by atoms with Crippen molar-refractivity contribution in [1.82, 2.24) is 4.90 Å². The van der Waals surface area contributed by atoms with Crippen LogP contribution in [0.3, 0.4) is 0 Å². The lowest BCUT2D eigenvalue weighted by atomic mass is 9.55. The maximum atomic E-state index is 14.9. The molecule has 64 heavy (non-hydrogen) atoms. The van der Waals surface area contributed by atoms with Crippen LogP contribution in [0.4, 0.5) is 0 Å². The predicted molar refractivity (Wildman–Crippen MR) is 250 cm³/mol. The maximum Gasteiger partial charge on any atom is 0.254 e. The molecular weight excluding hydrogens is 805 g/mol. The second-order valence-corrected chi connectivity index (χ2v) is 17.8. The molecule has 10 heteroatoms. The minimum atomic E-state index is -1.37. The van der Waals surface area contributed by atoms with E-state index in [1.165, 1.54) is 0 Å². The fourth-order valence-electron chi connectivity index (χ4n) is 10.7. The van der Waals surface area contributed by atoms with Crippen LogP contribution in [0, 0.1) is 17.8 Å². The van der Waals surface area contributed by atoms with E-state index in [0.717, 1.165) is 89.1 Å². The van der Waals surface area contributed by atoms with Gasteiger partial charge >= 0.3 is 0 Å². The monoisotopic (exact) mass is 864 g/mol. The second kappa shape index (κ2) is 19.7. The minimum absolute atomic E-state index is 0.0772. The van der Waals surface area contributed by atoms with Crippen LogP contribution in [-0.2, 0) is 14.3 Å². The number of amides is 1. The quantitative estimate of drug-likeness (QED) is 0.0539. The Morgan fingerprint density at radius 2 is 1.56 bits per heavy atom. The highest BCUT2D eigenvalue weighted by Gasteiger charge is 2.65. The Bertz CT molecular complexity index is 2510. The molecule has 7 atom stereocenters. The molecule has 2 N–H and O–H groups in total. The first-order chi connectivity index (χ1) is 31.4. The number of carbonyl (C=O) groups is 1. The van der Waals surface area contributed by atoms with Gasteiger partial charge in [-0.15, -0.1) is 6.58 Å². The topological polar surface area (TPSA) is 119 Å². The molecule has 1 amide bonds. The highest BCUT2D eigenvalue weighted by atomic mass is 16.8. The molecule has 2 fully saturated rings. The number of allylic oxidation sites excluding steroid dienone is 1. The van der Waals surface area contributed by atoms with E-state index >= 15 is 0 Å². The van der Waals surface area contributed by atoms with Gasteiger partial charge in [0.1, 0.15) is 23.3 Å². The lowest BCUT2D eigenvalue weighted by molar-refractivity contribution is -0.252. The van der Waals surface area contributed by atoms with Gasteiger partial charge in [0.15, 0.2) is 0 Å². The molecule has 2 aliphatic carbocycles. The molecule has 1 unspecified atom stereocenters. The number of hydrogen-bond acceptors (Lipinski definition) is 9. The number of benzene rings is 5. The average molecular weight is 865 g/mol. The molecule has 4 aliphatic rings. The van der Waals surface area contributed by atoms with Gasteiger partial charge in [0.2, 0.25) is 12.1 Å². The van der Waals surface area contributed by atoms with Gasteiger partial charge in [0, 0.05) is 50.1 Å². The van der Waals surface area contributed by atoms with Gasteiger partial charge in [-0.2, -0.15) is 0 Å². The Morgan fingerprint density at radius 1 is 0.859 bits per heavy atom. The Kier molecular flexibility index (Phi) is 13.5. The number of carbonyl (C=O) groups excluding carboxylic acids is 1. The molecule has 1 saturated carbocycles. The van der Waals surface area contributed by atoms with Crippen molar-refractivity contribution in [2.45, 2.75) is 88.2 Å². The summed E-state index contributed by atoms with van der Waals surface area (Å²) in [5, 5.41) is 29.2. The molecule has 334 valence electrons. The molecule has 9 rings (SSSR count). The number of oxime groups is 1. The van der Waals surface area contributed by atoms with Gasteiger partial charge in [-0.25, -0.2) is 0 Å². The third-order valence-corrected chi connectivity index (χ3v) is 13.8. The number of rotatable bonds is 17.